The molecule has 1 nitrogen and oxygen atoms in total. The summed E-state index contributed by atoms with van der Waals surface area (Å²) in [5.74, 6) is 0. The first-order valence-electron chi connectivity index (χ1n) is 7.08. The van der Waals surface area contributed by atoms with Crippen LogP contribution in [-0.2, 0) is 0 Å². The summed E-state index contributed by atoms with van der Waals surface area (Å²) in [7, 11) is 0. The Bertz CT molecular complexity index is 587. The minimum Gasteiger partial charge on any atom is -0.261 e. The van der Waals surface area contributed by atoms with E-state index in [1.165, 1.54) is 0 Å². The summed E-state index contributed by atoms with van der Waals surface area (Å²) in [6.07, 6.45) is 20.4. The Labute approximate surface area is 135 Å². The fraction of sp³-hybridized carbons (Fsp3) is 0.0952. The molecule has 0 N–H and O–H groups in total. The molecule has 0 rings (SSSR count). The highest BCUT2D eigenvalue weighted by atomic mass is 14.7. The largest absolute Gasteiger partial charge is 0.261 e. The lowest BCUT2D eigenvalue weighted by atomic mass is 10.0. The van der Waals surface area contributed by atoms with Crippen LogP contribution in [-0.4, -0.2) is 5.71 Å². The van der Waals surface area contributed by atoms with Crippen LogP contribution in [0.15, 0.2) is 115 Å². The van der Waals surface area contributed by atoms with Crippen molar-refractivity contribution in [2.45, 2.75) is 13.8 Å². The first-order chi connectivity index (χ1) is 10.6. The molecular formula is C21H25N. The molecule has 0 saturated carbocycles. The van der Waals surface area contributed by atoms with Gasteiger partial charge in [-0.15, -0.1) is 0 Å². The van der Waals surface area contributed by atoms with Crippen molar-refractivity contribution in [2.75, 3.05) is 0 Å². The van der Waals surface area contributed by atoms with Crippen LogP contribution < -0.4 is 0 Å². The molecule has 0 fully saturated rings. The fourth-order valence-electron chi connectivity index (χ4n) is 1.57. The van der Waals surface area contributed by atoms with Crippen LogP contribution in [0.2, 0.25) is 0 Å². The molecule has 0 unspecified atom stereocenters. The van der Waals surface area contributed by atoms with Gasteiger partial charge in [0.2, 0.25) is 0 Å². The van der Waals surface area contributed by atoms with Gasteiger partial charge in [-0.1, -0.05) is 81.0 Å². The lowest BCUT2D eigenvalue weighted by Gasteiger charge is -2.03. The third-order valence-corrected chi connectivity index (χ3v) is 2.76. The van der Waals surface area contributed by atoms with Crippen LogP contribution in [0.5, 0.6) is 0 Å². The Hall–Kier alpha value is -2.67. The minimum atomic E-state index is 0.895. The molecule has 0 saturated heterocycles. The number of aliphatic imine (C=N–C) groups is 1. The van der Waals surface area contributed by atoms with Crippen LogP contribution >= 0.6 is 0 Å². The number of nitrogens with zero attached hydrogens (tertiary/aromatic N) is 1. The number of hydrogen-bond acceptors (Lipinski definition) is 1. The van der Waals surface area contributed by atoms with E-state index in [1.807, 2.05) is 50.3 Å². The van der Waals surface area contributed by atoms with Crippen LogP contribution in [0.3, 0.4) is 0 Å². The van der Waals surface area contributed by atoms with Gasteiger partial charge < -0.3 is 0 Å². The van der Waals surface area contributed by atoms with Crippen LogP contribution in [0.4, 0.5) is 0 Å². The number of allylic oxidation sites excluding steroid dienone is 13. The van der Waals surface area contributed by atoms with E-state index in [0.717, 1.165) is 22.4 Å². The van der Waals surface area contributed by atoms with E-state index in [9.17, 15) is 0 Å². The Morgan fingerprint density at radius 1 is 0.864 bits per heavy atom. The molecule has 0 radical (unpaired) electrons. The maximum atomic E-state index is 4.35. The standard InChI is InChI=1S/C21H25N/c1-7-11-14-21(13-9-3)18(5)15-16-20(10-4)19(6)22-17-12-8-2/h7-17H,1-3,5H2,4,6H3/b14-11-,16-15-,17-12-,20-10?,21-13+,22-19+. The molecule has 0 atom stereocenters. The predicted octanol–water partition coefficient (Wildman–Crippen LogP) is 6.06. The topological polar surface area (TPSA) is 12.4 Å². The van der Waals surface area contributed by atoms with E-state index in [2.05, 4.69) is 31.3 Å². The predicted molar refractivity (Wildman–Crippen MR) is 102 cm³/mol. The van der Waals surface area contributed by atoms with E-state index < -0.39 is 0 Å². The van der Waals surface area contributed by atoms with Gasteiger partial charge in [-0.3, -0.25) is 4.99 Å². The molecule has 114 valence electrons. The summed E-state index contributed by atoms with van der Waals surface area (Å²) in [6, 6.07) is 0. The van der Waals surface area contributed by atoms with Gasteiger partial charge in [0.25, 0.3) is 0 Å². The van der Waals surface area contributed by atoms with Crippen molar-refractivity contribution in [3.05, 3.63) is 110 Å². The van der Waals surface area contributed by atoms with Gasteiger partial charge in [-0.2, -0.15) is 0 Å². The van der Waals surface area contributed by atoms with E-state index >= 15 is 0 Å². The summed E-state index contributed by atoms with van der Waals surface area (Å²) in [5.41, 5.74) is 3.86. The second-order valence-electron chi connectivity index (χ2n) is 4.35. The first-order valence-corrected chi connectivity index (χ1v) is 7.08. The summed E-state index contributed by atoms with van der Waals surface area (Å²) in [4.78, 5) is 4.35. The van der Waals surface area contributed by atoms with Gasteiger partial charge in [-0.25, -0.2) is 0 Å². The molecule has 0 aliphatic carbocycles. The van der Waals surface area contributed by atoms with Crippen molar-refractivity contribution in [1.82, 2.24) is 0 Å². The second-order valence-corrected chi connectivity index (χ2v) is 4.35. The summed E-state index contributed by atoms with van der Waals surface area (Å²) < 4.78 is 0. The zero-order chi connectivity index (χ0) is 16.8. The van der Waals surface area contributed by atoms with Crippen molar-refractivity contribution in [2.24, 2.45) is 4.99 Å². The minimum absolute atomic E-state index is 0.895. The zero-order valence-electron chi connectivity index (χ0n) is 13.6. The molecule has 0 aromatic heterocycles. The van der Waals surface area contributed by atoms with E-state index in [0.29, 0.717) is 0 Å². The monoisotopic (exact) mass is 291 g/mol. The fourth-order valence-corrected chi connectivity index (χ4v) is 1.57. The zero-order valence-corrected chi connectivity index (χ0v) is 13.6. The Morgan fingerprint density at radius 3 is 2.09 bits per heavy atom. The Morgan fingerprint density at radius 2 is 1.55 bits per heavy atom. The van der Waals surface area contributed by atoms with Gasteiger partial charge in [0.05, 0.1) is 0 Å². The average Bonchev–Trinajstić information content (AvgIpc) is 2.52. The molecule has 1 heteroatoms. The third kappa shape index (κ3) is 7.81. The van der Waals surface area contributed by atoms with Gasteiger partial charge in [0.1, 0.15) is 0 Å². The van der Waals surface area contributed by atoms with Crippen LogP contribution in [0.25, 0.3) is 0 Å². The number of rotatable bonds is 9. The molecule has 0 amide bonds. The maximum Gasteiger partial charge on any atom is 0.0441 e. The van der Waals surface area contributed by atoms with Gasteiger partial charge in [0, 0.05) is 11.9 Å². The van der Waals surface area contributed by atoms with Crippen molar-refractivity contribution in [3.63, 3.8) is 0 Å². The highest BCUT2D eigenvalue weighted by Crippen LogP contribution is 2.13. The van der Waals surface area contributed by atoms with Crippen LogP contribution in [0, 0.1) is 0 Å². The molecule has 0 heterocycles. The molecule has 0 aliphatic rings. The van der Waals surface area contributed by atoms with Crippen molar-refractivity contribution in [1.29, 1.82) is 0 Å². The SMILES string of the molecule is C=C/C=C\N=C(/C)C(=CC)/C=C\C(=C)C(/C=C\C=C)=C/C=C. The van der Waals surface area contributed by atoms with Crippen molar-refractivity contribution in [3.8, 4) is 0 Å². The van der Waals surface area contributed by atoms with Crippen LogP contribution in [0.1, 0.15) is 13.8 Å². The summed E-state index contributed by atoms with van der Waals surface area (Å²) in [5, 5.41) is 0. The lowest BCUT2D eigenvalue weighted by molar-refractivity contribution is 1.48. The van der Waals surface area contributed by atoms with Crippen molar-refractivity contribution < 1.29 is 0 Å². The van der Waals surface area contributed by atoms with E-state index in [4.69, 9.17) is 0 Å². The highest BCUT2D eigenvalue weighted by molar-refractivity contribution is 6.01. The maximum absolute atomic E-state index is 4.35. The number of hydrogen-bond donors (Lipinski definition) is 0. The second kappa shape index (κ2) is 12.1. The molecule has 22 heavy (non-hydrogen) atoms. The Kier molecular flexibility index (Phi) is 10.6. The molecule has 0 bridgehead atoms. The van der Waals surface area contributed by atoms with Gasteiger partial charge in [-0.05, 0) is 36.6 Å². The first kappa shape index (κ1) is 19.3. The molecule has 0 spiro atoms. The molecular weight excluding hydrogens is 266 g/mol. The van der Waals surface area contributed by atoms with E-state index in [1.54, 1.807) is 30.5 Å². The molecule has 0 aromatic rings. The van der Waals surface area contributed by atoms with Crippen molar-refractivity contribution >= 4 is 5.71 Å². The van der Waals surface area contributed by atoms with Gasteiger partial charge in [0.15, 0.2) is 0 Å². The molecule has 0 aromatic carbocycles. The third-order valence-electron chi connectivity index (χ3n) is 2.76. The van der Waals surface area contributed by atoms with Gasteiger partial charge >= 0.3 is 0 Å². The summed E-state index contributed by atoms with van der Waals surface area (Å²) >= 11 is 0. The normalized spacial score (nSPS) is 14.0. The van der Waals surface area contributed by atoms with E-state index in [-0.39, 0.29) is 0 Å². The Balaban J connectivity index is 5.20. The quantitative estimate of drug-likeness (QED) is 0.361. The highest BCUT2D eigenvalue weighted by Gasteiger charge is 1.97. The smallest absolute Gasteiger partial charge is 0.0441 e. The molecule has 0 aliphatic heterocycles. The lowest BCUT2D eigenvalue weighted by Crippen LogP contribution is -1.93. The average molecular weight is 291 g/mol. The summed E-state index contributed by atoms with van der Waals surface area (Å²) in [6.45, 7) is 19.1.